The number of nitrogens with one attached hydrogen (secondary N) is 1. The molecule has 1 fully saturated rings. The van der Waals surface area contributed by atoms with Crippen molar-refractivity contribution in [2.45, 2.75) is 38.8 Å². The van der Waals surface area contributed by atoms with E-state index in [1.54, 1.807) is 35.9 Å². The van der Waals surface area contributed by atoms with E-state index in [9.17, 15) is 18.0 Å². The topological polar surface area (TPSA) is 116 Å². The minimum atomic E-state index is -3.06. The number of nitrogens with zero attached hydrogens (tertiary/aromatic N) is 3. The number of carbonyl (C=O) groups is 1. The summed E-state index contributed by atoms with van der Waals surface area (Å²) in [6.07, 6.45) is 1.15. The van der Waals surface area contributed by atoms with E-state index in [4.69, 9.17) is 4.42 Å². The number of carbonyl (C=O) groups excluding carboxylic acids is 1. The van der Waals surface area contributed by atoms with Gasteiger partial charge in [0.05, 0.1) is 28.8 Å². The molecule has 9 nitrogen and oxygen atoms in total. The zero-order chi connectivity index (χ0) is 20.6. The Kier molecular flexibility index (Phi) is 5.03. The highest BCUT2D eigenvalue weighted by Gasteiger charge is 2.31. The molecule has 0 aliphatic carbocycles. The number of anilines is 1. The Bertz CT molecular complexity index is 1220. The largest absolute Gasteiger partial charge is 0.419 e. The van der Waals surface area contributed by atoms with Crippen LogP contribution in [0.1, 0.15) is 31.0 Å². The first-order valence-electron chi connectivity index (χ1n) is 9.47. The molecule has 3 heterocycles. The predicted octanol–water partition coefficient (Wildman–Crippen LogP) is 1.88. The summed E-state index contributed by atoms with van der Waals surface area (Å²) in [6.45, 7) is 2.16. The van der Waals surface area contributed by atoms with Gasteiger partial charge in [-0.25, -0.2) is 17.9 Å². The van der Waals surface area contributed by atoms with Crippen LogP contribution in [0.25, 0.3) is 11.1 Å². The van der Waals surface area contributed by atoms with Crippen molar-refractivity contribution in [3.8, 4) is 0 Å². The Hall–Kier alpha value is -2.88. The van der Waals surface area contributed by atoms with E-state index >= 15 is 0 Å². The van der Waals surface area contributed by atoms with Gasteiger partial charge in [-0.15, -0.1) is 0 Å². The molecule has 1 aliphatic heterocycles. The average Bonchev–Trinajstić information content (AvgIpc) is 3.30. The third kappa shape index (κ3) is 4.12. The molecule has 0 bridgehead atoms. The molecule has 10 heteroatoms. The van der Waals surface area contributed by atoms with Crippen LogP contribution in [0.5, 0.6) is 0 Å². The van der Waals surface area contributed by atoms with Crippen LogP contribution in [-0.2, 0) is 21.2 Å². The molecule has 1 amide bonds. The van der Waals surface area contributed by atoms with Crippen LogP contribution in [0.15, 0.2) is 39.5 Å². The molecule has 1 aromatic carbocycles. The minimum Gasteiger partial charge on any atom is -0.408 e. The average molecular weight is 418 g/mol. The molecule has 0 spiro atoms. The number of oxazole rings is 1. The Morgan fingerprint density at radius 3 is 2.90 bits per heavy atom. The summed E-state index contributed by atoms with van der Waals surface area (Å²) in [5, 5.41) is 7.18. The maximum atomic E-state index is 12.4. The first kappa shape index (κ1) is 19.4. The first-order valence-corrected chi connectivity index (χ1v) is 11.3. The molecule has 1 saturated heterocycles. The van der Waals surface area contributed by atoms with Gasteiger partial charge in [0.25, 0.3) is 0 Å². The molecule has 1 atom stereocenters. The first-order chi connectivity index (χ1) is 13.8. The van der Waals surface area contributed by atoms with Crippen molar-refractivity contribution in [3.05, 3.63) is 46.6 Å². The fraction of sp³-hybridized carbons (Fsp3) is 0.421. The molecule has 4 rings (SSSR count). The third-order valence-corrected chi connectivity index (χ3v) is 6.79. The zero-order valence-corrected chi connectivity index (χ0v) is 16.8. The van der Waals surface area contributed by atoms with Crippen molar-refractivity contribution in [2.75, 3.05) is 16.8 Å². The van der Waals surface area contributed by atoms with Crippen molar-refractivity contribution >= 4 is 32.7 Å². The van der Waals surface area contributed by atoms with E-state index in [1.165, 1.54) is 4.57 Å². The van der Waals surface area contributed by atoms with E-state index in [0.29, 0.717) is 42.0 Å². The maximum Gasteiger partial charge on any atom is 0.419 e. The molecule has 154 valence electrons. The lowest BCUT2D eigenvalue weighted by Crippen LogP contribution is -2.20. The van der Waals surface area contributed by atoms with Gasteiger partial charge in [-0.3, -0.25) is 9.36 Å². The number of para-hydroxylation sites is 2. The lowest BCUT2D eigenvalue weighted by atomic mass is 10.2. The lowest BCUT2D eigenvalue weighted by molar-refractivity contribution is -0.116. The standard InChI is InChI=1S/C19H22N4O5S/c1-13-11-17(23(21-13)14-8-10-29(26,27)12-14)20-18(24)7-4-9-22-15-5-2-3-6-16(15)28-19(22)25/h2-3,5-6,11,14H,4,7-10,12H2,1H3,(H,20,24). The van der Waals surface area contributed by atoms with Gasteiger partial charge in [0.15, 0.2) is 15.4 Å². The number of benzene rings is 1. The van der Waals surface area contributed by atoms with Crippen molar-refractivity contribution in [2.24, 2.45) is 0 Å². The number of rotatable bonds is 6. The van der Waals surface area contributed by atoms with Crippen molar-refractivity contribution in [3.63, 3.8) is 0 Å². The molecule has 1 unspecified atom stereocenters. The molecule has 2 aromatic heterocycles. The van der Waals surface area contributed by atoms with Crippen LogP contribution in [0, 0.1) is 6.92 Å². The number of sulfone groups is 1. The fourth-order valence-electron chi connectivity index (χ4n) is 3.69. The molecule has 1 N–H and O–H groups in total. The number of hydrogen-bond acceptors (Lipinski definition) is 6. The monoisotopic (exact) mass is 418 g/mol. The second-order valence-corrected chi connectivity index (χ2v) is 9.54. The van der Waals surface area contributed by atoms with Gasteiger partial charge in [-0.2, -0.15) is 5.10 Å². The van der Waals surface area contributed by atoms with Crippen LogP contribution in [0.3, 0.4) is 0 Å². The molecular formula is C19H22N4O5S. The van der Waals surface area contributed by atoms with E-state index in [1.807, 2.05) is 6.07 Å². The zero-order valence-electron chi connectivity index (χ0n) is 16.0. The number of hydrogen-bond donors (Lipinski definition) is 1. The molecule has 1 aliphatic rings. The summed E-state index contributed by atoms with van der Waals surface area (Å²) in [4.78, 5) is 24.4. The van der Waals surface area contributed by atoms with Crippen molar-refractivity contribution in [1.82, 2.24) is 14.3 Å². The van der Waals surface area contributed by atoms with E-state index < -0.39 is 15.6 Å². The molecule has 0 radical (unpaired) electrons. The molecule has 29 heavy (non-hydrogen) atoms. The predicted molar refractivity (Wildman–Crippen MR) is 108 cm³/mol. The van der Waals surface area contributed by atoms with E-state index in [-0.39, 0.29) is 29.9 Å². The number of aromatic nitrogens is 3. The minimum absolute atomic E-state index is 0.0352. The van der Waals surface area contributed by atoms with Gasteiger partial charge in [0.1, 0.15) is 5.82 Å². The Morgan fingerprint density at radius 2 is 2.14 bits per heavy atom. The third-order valence-electron chi connectivity index (χ3n) is 5.04. The normalized spacial score (nSPS) is 18.3. The summed E-state index contributed by atoms with van der Waals surface area (Å²) >= 11 is 0. The lowest BCUT2D eigenvalue weighted by Gasteiger charge is -2.13. The quantitative estimate of drug-likeness (QED) is 0.653. The van der Waals surface area contributed by atoms with Gasteiger partial charge in [-0.05, 0) is 31.9 Å². The van der Waals surface area contributed by atoms with Crippen molar-refractivity contribution < 1.29 is 17.6 Å². The highest BCUT2D eigenvalue weighted by atomic mass is 32.2. The molecule has 0 saturated carbocycles. The summed E-state index contributed by atoms with van der Waals surface area (Å²) in [5.41, 5.74) is 1.93. The highest BCUT2D eigenvalue weighted by molar-refractivity contribution is 7.91. The van der Waals surface area contributed by atoms with Gasteiger partial charge in [0.2, 0.25) is 5.91 Å². The SMILES string of the molecule is Cc1cc(NC(=O)CCCn2c(=O)oc3ccccc32)n(C2CCS(=O)(=O)C2)n1. The molecular weight excluding hydrogens is 396 g/mol. The maximum absolute atomic E-state index is 12.4. The summed E-state index contributed by atoms with van der Waals surface area (Å²) in [6, 6.07) is 8.62. The van der Waals surface area contributed by atoms with Crippen LogP contribution in [0.4, 0.5) is 5.82 Å². The van der Waals surface area contributed by atoms with E-state index in [2.05, 4.69) is 10.4 Å². The number of fused-ring (bicyclic) bond motifs is 1. The summed E-state index contributed by atoms with van der Waals surface area (Å²) in [5.74, 6) is 0.0151. The van der Waals surface area contributed by atoms with Gasteiger partial charge in [-0.1, -0.05) is 12.1 Å². The summed E-state index contributed by atoms with van der Waals surface area (Å²) in [7, 11) is -3.06. The van der Waals surface area contributed by atoms with Crippen LogP contribution in [0.2, 0.25) is 0 Å². The second kappa shape index (κ2) is 7.51. The Labute approximate surface area is 167 Å². The summed E-state index contributed by atoms with van der Waals surface area (Å²) < 4.78 is 31.8. The Morgan fingerprint density at radius 1 is 1.34 bits per heavy atom. The van der Waals surface area contributed by atoms with E-state index in [0.717, 1.165) is 0 Å². The highest BCUT2D eigenvalue weighted by Crippen LogP contribution is 2.27. The van der Waals surface area contributed by atoms with Gasteiger partial charge >= 0.3 is 5.76 Å². The van der Waals surface area contributed by atoms with Gasteiger partial charge in [0, 0.05) is 19.0 Å². The van der Waals surface area contributed by atoms with Crippen LogP contribution in [-0.4, -0.2) is 40.2 Å². The second-order valence-electron chi connectivity index (χ2n) is 7.31. The van der Waals surface area contributed by atoms with Crippen molar-refractivity contribution in [1.29, 1.82) is 0 Å². The Balaban J connectivity index is 1.39. The van der Waals surface area contributed by atoms with Crippen LogP contribution >= 0.6 is 0 Å². The van der Waals surface area contributed by atoms with Gasteiger partial charge < -0.3 is 9.73 Å². The smallest absolute Gasteiger partial charge is 0.408 e. The fourth-order valence-corrected chi connectivity index (χ4v) is 5.38. The number of aryl methyl sites for hydroxylation is 2. The van der Waals surface area contributed by atoms with Crippen LogP contribution < -0.4 is 11.1 Å². The molecule has 3 aromatic rings. The number of amides is 1.